The highest BCUT2D eigenvalue weighted by molar-refractivity contribution is 5.92. The van der Waals surface area contributed by atoms with Gasteiger partial charge in [-0.2, -0.15) is 0 Å². The summed E-state index contributed by atoms with van der Waals surface area (Å²) < 4.78 is 18.8. The van der Waals surface area contributed by atoms with Gasteiger partial charge < -0.3 is 15.0 Å². The summed E-state index contributed by atoms with van der Waals surface area (Å²) in [7, 11) is 1.71. The van der Waals surface area contributed by atoms with Crippen LogP contribution in [0.5, 0.6) is 0 Å². The number of nitrogens with one attached hydrogen (secondary N) is 1. The van der Waals surface area contributed by atoms with Crippen molar-refractivity contribution in [3.63, 3.8) is 0 Å². The molecular formula is C25H33FN2O2. The molecule has 162 valence electrons. The third-order valence-electron chi connectivity index (χ3n) is 5.97. The summed E-state index contributed by atoms with van der Waals surface area (Å²) in [6.07, 6.45) is 3.10. The number of hydrogen-bond donors (Lipinski definition) is 1. The van der Waals surface area contributed by atoms with Gasteiger partial charge in [0.2, 0.25) is 5.91 Å². The Labute approximate surface area is 179 Å². The zero-order valence-corrected chi connectivity index (χ0v) is 18.2. The van der Waals surface area contributed by atoms with Crippen LogP contribution in [-0.4, -0.2) is 37.6 Å². The van der Waals surface area contributed by atoms with Crippen LogP contribution in [0.1, 0.15) is 56.3 Å². The standard InChI is InChI=1S/C25H33FN2O2/c1-18(2)25(29)27-23-6-4-5-21(17-23)19-11-14-28(15-12-19)16-13-24(30-3)20-7-9-22(26)10-8-20/h4-10,17-19,24H,11-16H2,1-3H3,(H,27,29). The first-order valence-electron chi connectivity index (χ1n) is 10.9. The fraction of sp³-hybridized carbons (Fsp3) is 0.480. The quantitative estimate of drug-likeness (QED) is 0.633. The van der Waals surface area contributed by atoms with E-state index < -0.39 is 0 Å². The summed E-state index contributed by atoms with van der Waals surface area (Å²) in [5.74, 6) is 0.328. The first-order chi connectivity index (χ1) is 14.5. The molecule has 3 rings (SSSR count). The van der Waals surface area contributed by atoms with E-state index in [2.05, 4.69) is 22.3 Å². The number of amides is 1. The van der Waals surface area contributed by atoms with E-state index in [1.165, 1.54) is 17.7 Å². The molecule has 1 fully saturated rings. The highest BCUT2D eigenvalue weighted by atomic mass is 19.1. The van der Waals surface area contributed by atoms with E-state index in [0.29, 0.717) is 5.92 Å². The van der Waals surface area contributed by atoms with E-state index in [1.54, 1.807) is 19.2 Å². The second-order valence-electron chi connectivity index (χ2n) is 8.45. The smallest absolute Gasteiger partial charge is 0.226 e. The molecule has 0 radical (unpaired) electrons. The molecule has 30 heavy (non-hydrogen) atoms. The lowest BCUT2D eigenvalue weighted by atomic mass is 9.89. The van der Waals surface area contributed by atoms with Crippen molar-refractivity contribution in [2.45, 2.75) is 45.1 Å². The highest BCUT2D eigenvalue weighted by Gasteiger charge is 2.22. The average molecular weight is 413 g/mol. The molecular weight excluding hydrogens is 379 g/mol. The van der Waals surface area contributed by atoms with Crippen LogP contribution in [0, 0.1) is 11.7 Å². The molecule has 1 atom stereocenters. The van der Waals surface area contributed by atoms with Crippen molar-refractivity contribution in [3.8, 4) is 0 Å². The number of nitrogens with zero attached hydrogens (tertiary/aromatic N) is 1. The second-order valence-corrected chi connectivity index (χ2v) is 8.45. The fourth-order valence-electron chi connectivity index (χ4n) is 4.04. The van der Waals surface area contributed by atoms with Crippen molar-refractivity contribution in [2.75, 3.05) is 32.1 Å². The van der Waals surface area contributed by atoms with Crippen LogP contribution < -0.4 is 5.32 Å². The Morgan fingerprint density at radius 3 is 2.50 bits per heavy atom. The molecule has 1 N–H and O–H groups in total. The molecule has 0 aliphatic carbocycles. The van der Waals surface area contributed by atoms with Gasteiger partial charge in [-0.25, -0.2) is 4.39 Å². The van der Waals surface area contributed by atoms with Crippen LogP contribution in [0.4, 0.5) is 10.1 Å². The lowest BCUT2D eigenvalue weighted by Crippen LogP contribution is -2.34. The summed E-state index contributed by atoms with van der Waals surface area (Å²) in [6.45, 7) is 6.87. The Kier molecular flexibility index (Phi) is 8.00. The first kappa shape index (κ1) is 22.4. The third-order valence-corrected chi connectivity index (χ3v) is 5.97. The Morgan fingerprint density at radius 1 is 1.17 bits per heavy atom. The highest BCUT2D eigenvalue weighted by Crippen LogP contribution is 2.30. The molecule has 0 bridgehead atoms. The molecule has 1 aliphatic rings. The minimum absolute atomic E-state index is 0.00965. The number of rotatable bonds is 8. The van der Waals surface area contributed by atoms with E-state index in [-0.39, 0.29) is 23.7 Å². The van der Waals surface area contributed by atoms with E-state index in [1.807, 2.05) is 26.0 Å². The Bertz CT molecular complexity index is 814. The summed E-state index contributed by atoms with van der Waals surface area (Å²) in [5.41, 5.74) is 3.21. The normalized spacial score (nSPS) is 16.6. The number of piperidine rings is 1. The fourth-order valence-corrected chi connectivity index (χ4v) is 4.04. The maximum absolute atomic E-state index is 13.2. The van der Waals surface area contributed by atoms with Crippen LogP contribution in [0.15, 0.2) is 48.5 Å². The van der Waals surface area contributed by atoms with Gasteiger partial charge >= 0.3 is 0 Å². The lowest BCUT2D eigenvalue weighted by Gasteiger charge is -2.33. The van der Waals surface area contributed by atoms with Gasteiger partial charge in [-0.05, 0) is 73.7 Å². The summed E-state index contributed by atoms with van der Waals surface area (Å²) >= 11 is 0. The van der Waals surface area contributed by atoms with Gasteiger partial charge in [0, 0.05) is 25.3 Å². The van der Waals surface area contributed by atoms with Crippen molar-refractivity contribution in [3.05, 3.63) is 65.5 Å². The van der Waals surface area contributed by atoms with Gasteiger partial charge in [-0.15, -0.1) is 0 Å². The van der Waals surface area contributed by atoms with Crippen molar-refractivity contribution >= 4 is 11.6 Å². The Hall–Kier alpha value is -2.24. The topological polar surface area (TPSA) is 41.6 Å². The molecule has 4 nitrogen and oxygen atoms in total. The first-order valence-corrected chi connectivity index (χ1v) is 10.9. The van der Waals surface area contributed by atoms with Crippen LogP contribution in [0.25, 0.3) is 0 Å². The summed E-state index contributed by atoms with van der Waals surface area (Å²) in [6, 6.07) is 14.9. The van der Waals surface area contributed by atoms with E-state index in [0.717, 1.165) is 50.1 Å². The van der Waals surface area contributed by atoms with Gasteiger partial charge in [0.1, 0.15) is 5.82 Å². The molecule has 1 unspecified atom stereocenters. The number of anilines is 1. The number of benzene rings is 2. The molecule has 2 aromatic rings. The third kappa shape index (κ3) is 6.13. The van der Waals surface area contributed by atoms with E-state index >= 15 is 0 Å². The zero-order chi connectivity index (χ0) is 21.5. The van der Waals surface area contributed by atoms with Crippen LogP contribution >= 0.6 is 0 Å². The molecule has 0 aromatic heterocycles. The molecule has 5 heteroatoms. The van der Waals surface area contributed by atoms with E-state index in [4.69, 9.17) is 4.74 Å². The minimum atomic E-state index is -0.219. The molecule has 1 amide bonds. The Balaban J connectivity index is 1.50. The molecule has 2 aromatic carbocycles. The number of hydrogen-bond acceptors (Lipinski definition) is 3. The van der Waals surface area contributed by atoms with Gasteiger partial charge in [-0.1, -0.05) is 38.1 Å². The van der Waals surface area contributed by atoms with Gasteiger partial charge in [0.25, 0.3) is 0 Å². The van der Waals surface area contributed by atoms with Gasteiger partial charge in [0.05, 0.1) is 6.10 Å². The van der Waals surface area contributed by atoms with Crippen molar-refractivity contribution in [1.82, 2.24) is 4.90 Å². The maximum atomic E-state index is 13.2. The lowest BCUT2D eigenvalue weighted by molar-refractivity contribution is -0.118. The van der Waals surface area contributed by atoms with Crippen molar-refractivity contribution in [2.24, 2.45) is 5.92 Å². The summed E-state index contributed by atoms with van der Waals surface area (Å²) in [4.78, 5) is 14.4. The number of methoxy groups -OCH3 is 1. The van der Waals surface area contributed by atoms with Crippen LogP contribution in [0.2, 0.25) is 0 Å². The van der Waals surface area contributed by atoms with Crippen LogP contribution in [-0.2, 0) is 9.53 Å². The number of halogens is 1. The average Bonchev–Trinajstić information content (AvgIpc) is 2.76. The van der Waals surface area contributed by atoms with E-state index in [9.17, 15) is 9.18 Å². The zero-order valence-electron chi connectivity index (χ0n) is 18.2. The number of ether oxygens (including phenoxy) is 1. The Morgan fingerprint density at radius 2 is 1.87 bits per heavy atom. The van der Waals surface area contributed by atoms with Gasteiger partial charge in [0.15, 0.2) is 0 Å². The van der Waals surface area contributed by atoms with Crippen molar-refractivity contribution in [1.29, 1.82) is 0 Å². The molecule has 1 heterocycles. The molecule has 0 saturated carbocycles. The van der Waals surface area contributed by atoms with Crippen LogP contribution in [0.3, 0.4) is 0 Å². The SMILES string of the molecule is COC(CCN1CCC(c2cccc(NC(=O)C(C)C)c2)CC1)c1ccc(F)cc1. The summed E-state index contributed by atoms with van der Waals surface area (Å²) in [5, 5.41) is 3.00. The molecule has 0 spiro atoms. The largest absolute Gasteiger partial charge is 0.377 e. The number of likely N-dealkylation sites (tertiary alicyclic amines) is 1. The predicted molar refractivity (Wildman–Crippen MR) is 119 cm³/mol. The maximum Gasteiger partial charge on any atom is 0.226 e. The molecule has 1 aliphatic heterocycles. The number of carbonyl (C=O) groups is 1. The predicted octanol–water partition coefficient (Wildman–Crippen LogP) is 5.38. The molecule has 1 saturated heterocycles. The monoisotopic (exact) mass is 412 g/mol. The van der Waals surface area contributed by atoms with Gasteiger partial charge in [-0.3, -0.25) is 4.79 Å². The van der Waals surface area contributed by atoms with Crippen molar-refractivity contribution < 1.29 is 13.9 Å². The number of carbonyl (C=O) groups excluding carboxylic acids is 1. The second kappa shape index (κ2) is 10.7. The minimum Gasteiger partial charge on any atom is -0.377 e.